The molecule has 0 aliphatic heterocycles. The van der Waals surface area contributed by atoms with Crippen LogP contribution in [0.3, 0.4) is 0 Å². The van der Waals surface area contributed by atoms with Crippen LogP contribution in [-0.4, -0.2) is 22.4 Å². The molecule has 4 rings (SSSR count). The maximum Gasteiger partial charge on any atom is 0.0724 e. The van der Waals surface area contributed by atoms with E-state index in [0.29, 0.717) is 23.7 Å². The maximum atomic E-state index is 10.5. The lowest BCUT2D eigenvalue weighted by atomic mass is 9.48. The van der Waals surface area contributed by atoms with Gasteiger partial charge < -0.3 is 10.2 Å². The van der Waals surface area contributed by atoms with Gasteiger partial charge in [0.25, 0.3) is 0 Å². The molecule has 0 spiro atoms. The highest BCUT2D eigenvalue weighted by atomic mass is 16.3. The standard InChI is InChI=1S/C20H30O2/c1-12-10-13-11-14(21)6-8-19(13,2)16-7-9-20(3)15(18(12)16)4-5-17(20)22/h6-8,12-15,17-18,21-22H,4-5,9-11H2,1-3H3/t12-,13+,14-,15-,17-,18-,19-,20-/m0/s1. The first-order valence-electron chi connectivity index (χ1n) is 9.12. The minimum atomic E-state index is -0.260. The number of hydrogen-bond acceptors (Lipinski definition) is 2. The Labute approximate surface area is 134 Å². The van der Waals surface area contributed by atoms with Gasteiger partial charge in [0.1, 0.15) is 0 Å². The van der Waals surface area contributed by atoms with Crippen molar-refractivity contribution in [1.29, 1.82) is 0 Å². The fourth-order valence-electron chi connectivity index (χ4n) is 6.42. The van der Waals surface area contributed by atoms with Crippen molar-refractivity contribution in [2.75, 3.05) is 0 Å². The van der Waals surface area contributed by atoms with Crippen LogP contribution < -0.4 is 0 Å². The number of fused-ring (bicyclic) bond motifs is 5. The average molecular weight is 302 g/mol. The van der Waals surface area contributed by atoms with Crippen LogP contribution in [0, 0.1) is 34.5 Å². The van der Waals surface area contributed by atoms with E-state index in [1.54, 1.807) is 5.57 Å². The summed E-state index contributed by atoms with van der Waals surface area (Å²) in [6.45, 7) is 7.10. The Balaban J connectivity index is 1.78. The number of aliphatic hydroxyl groups is 2. The first-order valence-corrected chi connectivity index (χ1v) is 9.12. The molecule has 0 bridgehead atoms. The monoisotopic (exact) mass is 302 g/mol. The summed E-state index contributed by atoms with van der Waals surface area (Å²) in [7, 11) is 0. The van der Waals surface area contributed by atoms with Crippen molar-refractivity contribution in [2.24, 2.45) is 34.5 Å². The number of rotatable bonds is 0. The molecule has 0 aromatic heterocycles. The fourth-order valence-corrected chi connectivity index (χ4v) is 6.42. The van der Waals surface area contributed by atoms with Crippen molar-refractivity contribution in [2.45, 2.75) is 65.1 Å². The molecule has 0 radical (unpaired) electrons. The molecule has 2 saturated carbocycles. The normalized spacial score (nSPS) is 56.9. The van der Waals surface area contributed by atoms with Crippen LogP contribution in [0.25, 0.3) is 0 Å². The van der Waals surface area contributed by atoms with E-state index in [-0.39, 0.29) is 23.0 Å². The highest BCUT2D eigenvalue weighted by Crippen LogP contribution is 2.64. The molecule has 8 atom stereocenters. The molecule has 0 unspecified atom stereocenters. The van der Waals surface area contributed by atoms with E-state index in [9.17, 15) is 10.2 Å². The molecule has 0 saturated heterocycles. The molecule has 0 amide bonds. The number of aliphatic hydroxyl groups excluding tert-OH is 2. The van der Waals surface area contributed by atoms with Crippen LogP contribution in [0.15, 0.2) is 23.8 Å². The molecule has 2 heteroatoms. The molecule has 0 aromatic carbocycles. The summed E-state index contributed by atoms with van der Waals surface area (Å²) in [6.07, 6.45) is 11.7. The lowest BCUT2D eigenvalue weighted by molar-refractivity contribution is -0.0156. The minimum absolute atomic E-state index is 0.0868. The first-order chi connectivity index (χ1) is 10.4. The van der Waals surface area contributed by atoms with Crippen LogP contribution in [0.4, 0.5) is 0 Å². The van der Waals surface area contributed by atoms with Crippen LogP contribution in [0.2, 0.25) is 0 Å². The average Bonchev–Trinajstić information content (AvgIpc) is 2.77. The summed E-state index contributed by atoms with van der Waals surface area (Å²) in [5.74, 6) is 2.49. The summed E-state index contributed by atoms with van der Waals surface area (Å²) in [6, 6.07) is 0. The Hall–Kier alpha value is -0.600. The Bertz CT molecular complexity index is 536. The van der Waals surface area contributed by atoms with Gasteiger partial charge in [-0.2, -0.15) is 0 Å². The Morgan fingerprint density at radius 2 is 1.91 bits per heavy atom. The molecular formula is C20H30O2. The van der Waals surface area contributed by atoms with Crippen molar-refractivity contribution < 1.29 is 10.2 Å². The van der Waals surface area contributed by atoms with Gasteiger partial charge in [-0.05, 0) is 55.8 Å². The molecular weight excluding hydrogens is 272 g/mol. The van der Waals surface area contributed by atoms with Gasteiger partial charge in [-0.3, -0.25) is 0 Å². The predicted octanol–water partition coefficient (Wildman–Crippen LogP) is 3.69. The molecule has 4 aliphatic rings. The third kappa shape index (κ3) is 1.80. The van der Waals surface area contributed by atoms with Gasteiger partial charge in [-0.1, -0.05) is 44.6 Å². The zero-order chi connectivity index (χ0) is 15.7. The van der Waals surface area contributed by atoms with Gasteiger partial charge in [0.05, 0.1) is 12.2 Å². The lowest BCUT2D eigenvalue weighted by Crippen LogP contribution is -2.50. The third-order valence-corrected chi connectivity index (χ3v) is 7.84. The largest absolute Gasteiger partial charge is 0.393 e. The molecule has 2 N–H and O–H groups in total. The zero-order valence-electron chi connectivity index (χ0n) is 14.1. The molecule has 0 heterocycles. The van der Waals surface area contributed by atoms with Crippen LogP contribution in [0.1, 0.15) is 52.9 Å². The molecule has 22 heavy (non-hydrogen) atoms. The summed E-state index contributed by atoms with van der Waals surface area (Å²) in [5.41, 5.74) is 1.84. The van der Waals surface area contributed by atoms with Gasteiger partial charge in [0.15, 0.2) is 0 Å². The second-order valence-electron chi connectivity index (χ2n) is 8.95. The lowest BCUT2D eigenvalue weighted by Gasteiger charge is -2.57. The molecule has 2 nitrogen and oxygen atoms in total. The molecule has 0 aromatic rings. The predicted molar refractivity (Wildman–Crippen MR) is 88.2 cm³/mol. The smallest absolute Gasteiger partial charge is 0.0724 e. The summed E-state index contributed by atoms with van der Waals surface area (Å²) in [5, 5.41) is 20.5. The van der Waals surface area contributed by atoms with Gasteiger partial charge in [0, 0.05) is 10.8 Å². The highest BCUT2D eigenvalue weighted by molar-refractivity contribution is 5.35. The van der Waals surface area contributed by atoms with Crippen molar-refractivity contribution in [1.82, 2.24) is 0 Å². The van der Waals surface area contributed by atoms with E-state index in [1.807, 2.05) is 6.08 Å². The van der Waals surface area contributed by atoms with Gasteiger partial charge >= 0.3 is 0 Å². The van der Waals surface area contributed by atoms with Crippen molar-refractivity contribution in [3.8, 4) is 0 Å². The van der Waals surface area contributed by atoms with Gasteiger partial charge in [0.2, 0.25) is 0 Å². The van der Waals surface area contributed by atoms with Gasteiger partial charge in [-0.15, -0.1) is 0 Å². The van der Waals surface area contributed by atoms with Crippen LogP contribution >= 0.6 is 0 Å². The Morgan fingerprint density at radius 1 is 1.14 bits per heavy atom. The van der Waals surface area contributed by atoms with E-state index in [1.165, 1.54) is 12.8 Å². The van der Waals surface area contributed by atoms with E-state index >= 15 is 0 Å². The molecule has 122 valence electrons. The third-order valence-electron chi connectivity index (χ3n) is 7.84. The van der Waals surface area contributed by atoms with Crippen LogP contribution in [-0.2, 0) is 0 Å². The van der Waals surface area contributed by atoms with Crippen molar-refractivity contribution in [3.63, 3.8) is 0 Å². The molecule has 4 aliphatic carbocycles. The van der Waals surface area contributed by atoms with Crippen molar-refractivity contribution >= 4 is 0 Å². The summed E-state index contributed by atoms with van der Waals surface area (Å²) < 4.78 is 0. The molecule has 2 fully saturated rings. The SMILES string of the molecule is C[C@H]1C[C@@H]2C[C@@H](O)C=C[C@]2(C)C2=CC[C@]3(C)[C@@H](O)CC[C@H]3[C@@H]21. The second kappa shape index (κ2) is 4.70. The van der Waals surface area contributed by atoms with E-state index in [4.69, 9.17) is 0 Å². The number of allylic oxidation sites excluding steroid dienone is 3. The Kier molecular flexibility index (Phi) is 3.20. The van der Waals surface area contributed by atoms with Gasteiger partial charge in [-0.25, -0.2) is 0 Å². The second-order valence-corrected chi connectivity index (χ2v) is 8.95. The highest BCUT2D eigenvalue weighted by Gasteiger charge is 2.58. The summed E-state index contributed by atoms with van der Waals surface area (Å²) >= 11 is 0. The van der Waals surface area contributed by atoms with E-state index < -0.39 is 0 Å². The van der Waals surface area contributed by atoms with E-state index in [2.05, 4.69) is 32.9 Å². The quantitative estimate of drug-likeness (QED) is 0.670. The Morgan fingerprint density at radius 3 is 2.68 bits per heavy atom. The fraction of sp³-hybridized carbons (Fsp3) is 0.800. The zero-order valence-corrected chi connectivity index (χ0v) is 14.1. The minimum Gasteiger partial charge on any atom is -0.393 e. The number of hydrogen-bond donors (Lipinski definition) is 2. The maximum absolute atomic E-state index is 10.5. The van der Waals surface area contributed by atoms with Crippen molar-refractivity contribution in [3.05, 3.63) is 23.8 Å². The van der Waals surface area contributed by atoms with Crippen LogP contribution in [0.5, 0.6) is 0 Å². The summed E-state index contributed by atoms with van der Waals surface area (Å²) in [4.78, 5) is 0. The first kappa shape index (κ1) is 15.0. The van der Waals surface area contributed by atoms with E-state index in [0.717, 1.165) is 19.3 Å². The topological polar surface area (TPSA) is 40.5 Å².